The zero-order valence-corrected chi connectivity index (χ0v) is 21.7. The van der Waals surface area contributed by atoms with E-state index in [1.807, 2.05) is 43.3 Å². The van der Waals surface area contributed by atoms with E-state index in [1.54, 1.807) is 0 Å². The Balaban J connectivity index is 1.64. The highest BCUT2D eigenvalue weighted by Crippen LogP contribution is 2.53. The summed E-state index contributed by atoms with van der Waals surface area (Å²) in [5.41, 5.74) is 7.06. The van der Waals surface area contributed by atoms with E-state index in [0.29, 0.717) is 11.3 Å². The van der Waals surface area contributed by atoms with E-state index >= 15 is 0 Å². The van der Waals surface area contributed by atoms with Crippen molar-refractivity contribution in [3.05, 3.63) is 76.4 Å². The first-order valence-electron chi connectivity index (χ1n) is 12.4. The van der Waals surface area contributed by atoms with Crippen LogP contribution in [-0.4, -0.2) is 36.7 Å². The summed E-state index contributed by atoms with van der Waals surface area (Å²) in [6.45, 7) is 13.3. The fourth-order valence-corrected chi connectivity index (χ4v) is 5.48. The predicted octanol–water partition coefficient (Wildman–Crippen LogP) is 5.73. The second-order valence-corrected chi connectivity index (χ2v) is 11.1. The van der Waals surface area contributed by atoms with Crippen molar-refractivity contribution >= 4 is 28.7 Å². The summed E-state index contributed by atoms with van der Waals surface area (Å²) < 4.78 is 6.15. The number of carbonyl (C=O) groups is 2. The SMILES string of the molecule is CC(=O)O/N=C1\COc2c1ccc1c2C2=CC(C(=O)c3ccccc3C)=CC(C)C2N1CC(C)(C)C. The molecule has 2 unspecified atom stereocenters. The molecule has 0 radical (unpaired) electrons. The third-order valence-corrected chi connectivity index (χ3v) is 6.88. The van der Waals surface area contributed by atoms with Gasteiger partial charge in [-0.05, 0) is 47.6 Å². The Morgan fingerprint density at radius 1 is 1.17 bits per heavy atom. The van der Waals surface area contributed by atoms with Crippen molar-refractivity contribution in [2.24, 2.45) is 16.5 Å². The lowest BCUT2D eigenvalue weighted by molar-refractivity contribution is -0.140. The smallest absolute Gasteiger partial charge is 0.331 e. The van der Waals surface area contributed by atoms with Crippen LogP contribution in [0, 0.1) is 18.3 Å². The molecule has 2 aromatic carbocycles. The first kappa shape index (κ1) is 24.0. The van der Waals surface area contributed by atoms with Crippen molar-refractivity contribution in [3.63, 3.8) is 0 Å². The van der Waals surface area contributed by atoms with Gasteiger partial charge in [-0.3, -0.25) is 4.79 Å². The molecule has 0 spiro atoms. The van der Waals surface area contributed by atoms with Gasteiger partial charge >= 0.3 is 5.97 Å². The average Bonchev–Trinajstić information content (AvgIpc) is 3.35. The molecule has 6 heteroatoms. The summed E-state index contributed by atoms with van der Waals surface area (Å²) in [5.74, 6) is 0.422. The van der Waals surface area contributed by atoms with Gasteiger partial charge in [0.05, 0.1) is 6.04 Å². The predicted molar refractivity (Wildman–Crippen MR) is 142 cm³/mol. The number of allylic oxidation sites excluding steroid dienone is 2. The molecule has 5 rings (SSSR count). The van der Waals surface area contributed by atoms with Crippen molar-refractivity contribution in [2.45, 2.75) is 47.6 Å². The maximum atomic E-state index is 13.6. The molecule has 0 fully saturated rings. The Labute approximate surface area is 212 Å². The second kappa shape index (κ2) is 8.77. The molecule has 6 nitrogen and oxygen atoms in total. The van der Waals surface area contributed by atoms with Gasteiger partial charge in [0.25, 0.3) is 0 Å². The van der Waals surface area contributed by atoms with E-state index in [1.165, 1.54) is 6.92 Å². The quantitative estimate of drug-likeness (QED) is 0.315. The molecule has 186 valence electrons. The number of Topliss-reactive ketones (excluding diaryl/α,β-unsaturated/α-hetero) is 1. The monoisotopic (exact) mass is 484 g/mol. The van der Waals surface area contributed by atoms with E-state index in [2.05, 4.69) is 49.9 Å². The van der Waals surface area contributed by atoms with Crippen LogP contribution >= 0.6 is 0 Å². The molecule has 2 aliphatic heterocycles. The molecule has 0 amide bonds. The Bertz CT molecular complexity index is 1360. The van der Waals surface area contributed by atoms with Crippen LogP contribution in [0.5, 0.6) is 5.75 Å². The molecule has 0 bridgehead atoms. The molecule has 0 saturated heterocycles. The van der Waals surface area contributed by atoms with Gasteiger partial charge in [0.2, 0.25) is 0 Å². The van der Waals surface area contributed by atoms with Crippen LogP contribution in [0.3, 0.4) is 0 Å². The largest absolute Gasteiger partial charge is 0.486 e. The number of ether oxygens (including phenoxy) is 1. The van der Waals surface area contributed by atoms with Gasteiger partial charge in [-0.1, -0.05) is 63.2 Å². The number of hydrogen-bond donors (Lipinski definition) is 0. The maximum absolute atomic E-state index is 13.6. The highest BCUT2D eigenvalue weighted by Gasteiger charge is 2.44. The van der Waals surface area contributed by atoms with Crippen LogP contribution in [0.1, 0.15) is 61.7 Å². The number of hydrogen-bond acceptors (Lipinski definition) is 6. The van der Waals surface area contributed by atoms with E-state index < -0.39 is 5.97 Å². The molecule has 36 heavy (non-hydrogen) atoms. The van der Waals surface area contributed by atoms with Crippen molar-refractivity contribution < 1.29 is 19.2 Å². The minimum Gasteiger partial charge on any atom is -0.486 e. The number of anilines is 1. The molecule has 2 atom stereocenters. The zero-order valence-electron chi connectivity index (χ0n) is 21.7. The molecule has 1 aliphatic carbocycles. The third-order valence-electron chi connectivity index (χ3n) is 6.88. The zero-order chi connectivity index (χ0) is 25.8. The first-order chi connectivity index (χ1) is 17.0. The minimum atomic E-state index is -0.471. The standard InChI is InChI=1S/C30H32N2O4/c1-17-9-7-8-10-21(17)28(34)20-13-18(2)27-23(14-20)26-25(32(27)16-30(4,5)6)12-11-22-24(15-35-29(22)26)31-36-19(3)33/h7-14,18,27H,15-16H2,1-6H3/b31-24+. The number of carbonyl (C=O) groups excluding carboxylic acids is 2. The van der Waals surface area contributed by atoms with Crippen LogP contribution in [0.25, 0.3) is 5.57 Å². The number of rotatable bonds is 4. The van der Waals surface area contributed by atoms with Crippen molar-refractivity contribution in [1.82, 2.24) is 0 Å². The van der Waals surface area contributed by atoms with E-state index in [-0.39, 0.29) is 29.8 Å². The van der Waals surface area contributed by atoms with Gasteiger partial charge in [-0.15, -0.1) is 0 Å². The fourth-order valence-electron chi connectivity index (χ4n) is 5.48. The molecular weight excluding hydrogens is 452 g/mol. The van der Waals surface area contributed by atoms with Gasteiger partial charge in [-0.25, -0.2) is 4.79 Å². The molecular formula is C30H32N2O4. The third kappa shape index (κ3) is 4.15. The fraction of sp³-hybridized carbons (Fsp3) is 0.367. The van der Waals surface area contributed by atoms with Gasteiger partial charge < -0.3 is 14.5 Å². The Morgan fingerprint density at radius 2 is 1.92 bits per heavy atom. The summed E-state index contributed by atoms with van der Waals surface area (Å²) in [6, 6.07) is 11.9. The number of nitrogens with zero attached hydrogens (tertiary/aromatic N) is 2. The molecule has 3 aliphatic rings. The van der Waals surface area contributed by atoms with Gasteiger partial charge in [-0.2, -0.15) is 0 Å². The van der Waals surface area contributed by atoms with Gasteiger partial charge in [0.15, 0.2) is 5.78 Å². The summed E-state index contributed by atoms with van der Waals surface area (Å²) in [7, 11) is 0. The minimum absolute atomic E-state index is 0.0346. The molecule has 2 heterocycles. The Kier molecular flexibility index (Phi) is 5.86. The van der Waals surface area contributed by atoms with Crippen molar-refractivity contribution in [2.75, 3.05) is 18.1 Å². The number of oxime groups is 1. The maximum Gasteiger partial charge on any atom is 0.331 e. The van der Waals surface area contributed by atoms with Crippen LogP contribution in [0.15, 0.2) is 59.3 Å². The second-order valence-electron chi connectivity index (χ2n) is 11.1. The topological polar surface area (TPSA) is 68.2 Å². The van der Waals surface area contributed by atoms with Crippen molar-refractivity contribution in [3.8, 4) is 5.75 Å². The van der Waals surface area contributed by atoms with Crippen LogP contribution in [0.2, 0.25) is 0 Å². The molecule has 2 aromatic rings. The molecule has 0 saturated carbocycles. The first-order valence-corrected chi connectivity index (χ1v) is 12.4. The van der Waals surface area contributed by atoms with E-state index in [4.69, 9.17) is 9.57 Å². The highest BCUT2D eigenvalue weighted by atomic mass is 16.7. The lowest BCUT2D eigenvalue weighted by Gasteiger charge is -2.37. The number of ketones is 1. The molecule has 0 N–H and O–H groups in total. The summed E-state index contributed by atoms with van der Waals surface area (Å²) in [6.07, 6.45) is 4.16. The average molecular weight is 485 g/mol. The van der Waals surface area contributed by atoms with Gasteiger partial charge in [0.1, 0.15) is 18.1 Å². The lowest BCUT2D eigenvalue weighted by atomic mass is 9.82. The number of benzene rings is 2. The van der Waals surface area contributed by atoms with E-state index in [0.717, 1.165) is 45.8 Å². The van der Waals surface area contributed by atoms with E-state index in [9.17, 15) is 9.59 Å². The normalized spacial score (nSPS) is 21.3. The lowest BCUT2D eigenvalue weighted by Crippen LogP contribution is -2.42. The van der Waals surface area contributed by atoms with Crippen LogP contribution < -0.4 is 9.64 Å². The van der Waals surface area contributed by atoms with Crippen LogP contribution in [-0.2, 0) is 9.63 Å². The number of fused-ring (bicyclic) bond motifs is 5. The van der Waals surface area contributed by atoms with Gasteiger partial charge in [0, 0.05) is 41.4 Å². The Hall–Kier alpha value is -3.67. The van der Waals surface area contributed by atoms with Crippen molar-refractivity contribution in [1.29, 1.82) is 0 Å². The summed E-state index contributed by atoms with van der Waals surface area (Å²) in [4.78, 5) is 32.3. The Morgan fingerprint density at radius 3 is 2.61 bits per heavy atom. The highest BCUT2D eigenvalue weighted by molar-refractivity contribution is 6.15. The summed E-state index contributed by atoms with van der Waals surface area (Å²) >= 11 is 0. The van der Waals surface area contributed by atoms with Crippen LogP contribution in [0.4, 0.5) is 5.69 Å². The molecule has 0 aromatic heterocycles. The number of aryl methyl sites for hydroxylation is 1. The summed E-state index contributed by atoms with van der Waals surface area (Å²) in [5, 5.41) is 4.02.